The van der Waals surface area contributed by atoms with Crippen LogP contribution in [0.2, 0.25) is 5.28 Å². The van der Waals surface area contributed by atoms with Gasteiger partial charge in [0.2, 0.25) is 5.28 Å². The molecular formula is C16H20ClF3N6O3. The molecule has 9 nitrogen and oxygen atoms in total. The number of aliphatic carboxylic acids is 1. The number of hydrogen-bond acceptors (Lipinski definition) is 6. The van der Waals surface area contributed by atoms with E-state index in [0.717, 1.165) is 37.5 Å². The molecule has 0 spiro atoms. The standard InChI is InChI=1S/C14H19ClN6O.C2HF3O2/c1-3-4-7-21-10-11(19(2)14(21)22)17-13(15)18-12(10)20-8-5-16-6-9-20;3-2(4,5)1(6)7/h3-4,16H,5-9H2,1-2H3;(H,6,7)/b4-3+;. The second-order valence-corrected chi connectivity index (χ2v) is 6.39. The Hall–Kier alpha value is -2.60. The van der Waals surface area contributed by atoms with Crippen molar-refractivity contribution in [2.45, 2.75) is 19.6 Å². The summed E-state index contributed by atoms with van der Waals surface area (Å²) in [5, 5.41) is 10.6. The Morgan fingerprint density at radius 1 is 1.31 bits per heavy atom. The fraction of sp³-hybridized carbons (Fsp3) is 0.500. The largest absolute Gasteiger partial charge is 0.490 e. The number of imidazole rings is 1. The number of carbonyl (C=O) groups is 1. The van der Waals surface area contributed by atoms with Crippen LogP contribution in [0.5, 0.6) is 0 Å². The summed E-state index contributed by atoms with van der Waals surface area (Å²) < 4.78 is 35.0. The maximum absolute atomic E-state index is 12.5. The van der Waals surface area contributed by atoms with Crippen LogP contribution in [0.3, 0.4) is 0 Å². The van der Waals surface area contributed by atoms with E-state index in [4.69, 9.17) is 21.5 Å². The van der Waals surface area contributed by atoms with Gasteiger partial charge in [-0.25, -0.2) is 9.59 Å². The molecule has 2 aromatic rings. The number of fused-ring (bicyclic) bond motifs is 1. The number of hydrogen-bond donors (Lipinski definition) is 2. The predicted octanol–water partition coefficient (Wildman–Crippen LogP) is 1.40. The van der Waals surface area contributed by atoms with Crippen molar-refractivity contribution < 1.29 is 23.1 Å². The highest BCUT2D eigenvalue weighted by atomic mass is 35.5. The number of aromatic nitrogens is 4. The number of piperazine rings is 1. The van der Waals surface area contributed by atoms with Crippen LogP contribution in [-0.4, -0.2) is 62.5 Å². The van der Waals surface area contributed by atoms with Crippen LogP contribution in [0.1, 0.15) is 6.92 Å². The van der Waals surface area contributed by atoms with Gasteiger partial charge >= 0.3 is 17.8 Å². The van der Waals surface area contributed by atoms with Crippen LogP contribution >= 0.6 is 11.6 Å². The first kappa shape index (κ1) is 22.7. The van der Waals surface area contributed by atoms with Gasteiger partial charge in [-0.2, -0.15) is 23.1 Å². The number of halogens is 4. The molecule has 1 aliphatic rings. The summed E-state index contributed by atoms with van der Waals surface area (Å²) in [5.41, 5.74) is 1.21. The normalized spacial score (nSPS) is 14.9. The van der Waals surface area contributed by atoms with Crippen molar-refractivity contribution in [1.82, 2.24) is 24.4 Å². The van der Waals surface area contributed by atoms with Crippen LogP contribution in [0.4, 0.5) is 19.0 Å². The lowest BCUT2D eigenvalue weighted by atomic mass is 10.3. The van der Waals surface area contributed by atoms with Crippen molar-refractivity contribution in [3.05, 3.63) is 27.9 Å². The van der Waals surface area contributed by atoms with Crippen LogP contribution in [0.25, 0.3) is 11.2 Å². The van der Waals surface area contributed by atoms with Crippen LogP contribution < -0.4 is 15.9 Å². The zero-order valence-corrected chi connectivity index (χ0v) is 16.5. The molecule has 1 aliphatic heterocycles. The van der Waals surface area contributed by atoms with E-state index in [1.807, 2.05) is 19.1 Å². The van der Waals surface area contributed by atoms with Gasteiger partial charge in [0.25, 0.3) is 0 Å². The fourth-order valence-electron chi connectivity index (χ4n) is 2.73. The smallest absolute Gasteiger partial charge is 0.475 e. The summed E-state index contributed by atoms with van der Waals surface area (Å²) in [7, 11) is 1.71. The monoisotopic (exact) mass is 436 g/mol. The van der Waals surface area contributed by atoms with Crippen molar-refractivity contribution in [2.24, 2.45) is 7.05 Å². The SMILES string of the molecule is C/C=C/Cn1c(=O)n(C)c2nc(Cl)nc(N3CCNCC3)c21.O=C(O)C(F)(F)F. The third-order valence-corrected chi connectivity index (χ3v) is 4.28. The lowest BCUT2D eigenvalue weighted by molar-refractivity contribution is -0.192. The summed E-state index contributed by atoms with van der Waals surface area (Å²) in [6.07, 6.45) is -1.22. The van der Waals surface area contributed by atoms with Gasteiger partial charge < -0.3 is 15.3 Å². The molecule has 0 bridgehead atoms. The molecule has 0 aromatic carbocycles. The van der Waals surface area contributed by atoms with Gasteiger partial charge in [-0.05, 0) is 18.5 Å². The van der Waals surface area contributed by atoms with E-state index in [0.29, 0.717) is 12.2 Å². The second kappa shape index (κ2) is 9.27. The molecular weight excluding hydrogens is 417 g/mol. The number of alkyl halides is 3. The van der Waals surface area contributed by atoms with Gasteiger partial charge in [0.1, 0.15) is 5.52 Å². The molecule has 0 unspecified atom stereocenters. The number of carboxylic acid groups (broad SMARTS) is 1. The Morgan fingerprint density at radius 3 is 2.41 bits per heavy atom. The maximum Gasteiger partial charge on any atom is 0.490 e. The van der Waals surface area contributed by atoms with Gasteiger partial charge in [-0.3, -0.25) is 9.13 Å². The topological polar surface area (TPSA) is 105 Å². The Kier molecular flexibility index (Phi) is 7.25. The zero-order valence-electron chi connectivity index (χ0n) is 15.7. The van der Waals surface area contributed by atoms with Gasteiger partial charge in [0.05, 0.1) is 0 Å². The first-order valence-corrected chi connectivity index (χ1v) is 8.95. The minimum Gasteiger partial charge on any atom is -0.475 e. The quantitative estimate of drug-likeness (QED) is 0.553. The Morgan fingerprint density at radius 2 is 1.90 bits per heavy atom. The van der Waals surface area contributed by atoms with Gasteiger partial charge in [0.15, 0.2) is 11.5 Å². The van der Waals surface area contributed by atoms with E-state index in [-0.39, 0.29) is 11.0 Å². The molecule has 2 N–H and O–H groups in total. The average molecular weight is 437 g/mol. The van der Waals surface area contributed by atoms with E-state index >= 15 is 0 Å². The van der Waals surface area contributed by atoms with Crippen molar-refractivity contribution in [1.29, 1.82) is 0 Å². The lowest BCUT2D eigenvalue weighted by Crippen LogP contribution is -2.44. The van der Waals surface area contributed by atoms with Gasteiger partial charge in [-0.1, -0.05) is 12.2 Å². The highest BCUT2D eigenvalue weighted by Crippen LogP contribution is 2.25. The van der Waals surface area contributed by atoms with Gasteiger partial charge in [0, 0.05) is 39.8 Å². The van der Waals surface area contributed by atoms with Crippen LogP contribution in [0, 0.1) is 0 Å². The van der Waals surface area contributed by atoms with Crippen molar-refractivity contribution in [3.63, 3.8) is 0 Å². The molecule has 2 aromatic heterocycles. The Labute approximate surface area is 168 Å². The second-order valence-electron chi connectivity index (χ2n) is 6.05. The van der Waals surface area contributed by atoms with Gasteiger partial charge in [-0.15, -0.1) is 0 Å². The molecule has 3 rings (SSSR count). The van der Waals surface area contributed by atoms with E-state index in [1.54, 1.807) is 11.6 Å². The minimum atomic E-state index is -5.08. The maximum atomic E-state index is 12.5. The first-order chi connectivity index (χ1) is 13.6. The number of nitrogens with one attached hydrogen (secondary N) is 1. The van der Waals surface area contributed by atoms with E-state index in [1.165, 1.54) is 4.57 Å². The summed E-state index contributed by atoms with van der Waals surface area (Å²) in [5.74, 6) is -2.02. The van der Waals surface area contributed by atoms with E-state index in [2.05, 4.69) is 20.2 Å². The number of rotatable bonds is 3. The number of nitrogens with zero attached hydrogens (tertiary/aromatic N) is 5. The number of allylic oxidation sites excluding steroid dienone is 2. The van der Waals surface area contributed by atoms with Crippen LogP contribution in [-0.2, 0) is 18.4 Å². The third-order valence-electron chi connectivity index (χ3n) is 4.11. The van der Waals surface area contributed by atoms with E-state index in [9.17, 15) is 18.0 Å². The summed E-state index contributed by atoms with van der Waals surface area (Å²) in [6, 6.07) is 0. The first-order valence-electron chi connectivity index (χ1n) is 8.57. The molecule has 0 amide bonds. The summed E-state index contributed by atoms with van der Waals surface area (Å²) >= 11 is 6.08. The Bertz CT molecular complexity index is 963. The van der Waals surface area contributed by atoms with E-state index < -0.39 is 12.1 Å². The predicted molar refractivity (Wildman–Crippen MR) is 101 cm³/mol. The summed E-state index contributed by atoms with van der Waals surface area (Å²) in [4.78, 5) is 32.2. The molecule has 13 heteroatoms. The van der Waals surface area contributed by atoms with Crippen molar-refractivity contribution >= 4 is 34.6 Å². The molecule has 160 valence electrons. The molecule has 1 fully saturated rings. The molecule has 0 saturated carbocycles. The minimum absolute atomic E-state index is 0.110. The lowest BCUT2D eigenvalue weighted by Gasteiger charge is -2.28. The molecule has 29 heavy (non-hydrogen) atoms. The molecule has 3 heterocycles. The number of anilines is 1. The highest BCUT2D eigenvalue weighted by Gasteiger charge is 2.38. The van der Waals surface area contributed by atoms with Crippen LogP contribution in [0.15, 0.2) is 16.9 Å². The molecule has 1 saturated heterocycles. The molecule has 0 aliphatic carbocycles. The van der Waals surface area contributed by atoms with Crippen molar-refractivity contribution in [2.75, 3.05) is 31.1 Å². The zero-order chi connectivity index (χ0) is 21.8. The molecule has 0 radical (unpaired) electrons. The Balaban J connectivity index is 0.000000370. The molecule has 0 atom stereocenters. The van der Waals surface area contributed by atoms with Crippen molar-refractivity contribution in [3.8, 4) is 0 Å². The fourth-order valence-corrected chi connectivity index (χ4v) is 2.89. The third kappa shape index (κ3) is 5.26. The average Bonchev–Trinajstić information content (AvgIpc) is 2.90. The summed E-state index contributed by atoms with van der Waals surface area (Å²) in [6.45, 7) is 5.85. The number of aryl methyl sites for hydroxylation is 1. The highest BCUT2D eigenvalue weighted by molar-refractivity contribution is 6.28. The number of carboxylic acids is 1.